The van der Waals surface area contributed by atoms with Gasteiger partial charge in [-0.15, -0.1) is 10.2 Å². The molecule has 0 atom stereocenters. The summed E-state index contributed by atoms with van der Waals surface area (Å²) in [5, 5.41) is 18.6. The standard InChI is InChI=1S/C18H24N8OS/c1-5-25-10-7-13(21-25)17(27)24-9-8-14-12(11-24)15(22-23(14)3)16-19-20-18(28-4)26(16)6-2/h7,10H,5-6,8-9,11H2,1-4H3. The number of hydrogen-bond acceptors (Lipinski definition) is 6. The molecule has 148 valence electrons. The van der Waals surface area contributed by atoms with Crippen LogP contribution in [0.1, 0.15) is 35.6 Å². The molecular weight excluding hydrogens is 376 g/mol. The number of hydrogen-bond donors (Lipinski definition) is 0. The molecule has 1 aliphatic rings. The van der Waals surface area contributed by atoms with E-state index in [1.807, 2.05) is 36.0 Å². The smallest absolute Gasteiger partial charge is 0.274 e. The van der Waals surface area contributed by atoms with Crippen LogP contribution in [0.4, 0.5) is 0 Å². The number of fused-ring (bicyclic) bond motifs is 1. The molecule has 0 saturated carbocycles. The Hall–Kier alpha value is -2.62. The Morgan fingerprint density at radius 3 is 2.71 bits per heavy atom. The third-order valence-electron chi connectivity index (χ3n) is 5.14. The molecule has 0 radical (unpaired) electrons. The lowest BCUT2D eigenvalue weighted by molar-refractivity contribution is 0.0726. The van der Waals surface area contributed by atoms with E-state index >= 15 is 0 Å². The summed E-state index contributed by atoms with van der Waals surface area (Å²) in [4.78, 5) is 14.8. The Labute approximate surface area is 167 Å². The molecule has 10 heteroatoms. The Kier molecular flexibility index (Phi) is 4.96. The van der Waals surface area contributed by atoms with Crippen molar-refractivity contribution < 1.29 is 4.79 Å². The van der Waals surface area contributed by atoms with Gasteiger partial charge < -0.3 is 9.47 Å². The largest absolute Gasteiger partial charge is 0.332 e. The lowest BCUT2D eigenvalue weighted by Gasteiger charge is -2.27. The van der Waals surface area contributed by atoms with Crippen molar-refractivity contribution in [2.24, 2.45) is 7.05 Å². The average Bonchev–Trinajstić information content (AvgIpc) is 3.43. The van der Waals surface area contributed by atoms with Gasteiger partial charge in [-0.05, 0) is 26.2 Å². The SMILES string of the molecule is CCn1ccc(C(=O)N2CCc3c(c(-c4nnc(SC)n4CC)nn3C)C2)n1. The first kappa shape index (κ1) is 18.7. The van der Waals surface area contributed by atoms with Gasteiger partial charge in [0.25, 0.3) is 5.91 Å². The second kappa shape index (κ2) is 7.42. The summed E-state index contributed by atoms with van der Waals surface area (Å²) < 4.78 is 5.74. The van der Waals surface area contributed by atoms with Crippen molar-refractivity contribution >= 4 is 17.7 Å². The molecular formula is C18H24N8OS. The molecule has 0 N–H and O–H groups in total. The molecule has 28 heavy (non-hydrogen) atoms. The quantitative estimate of drug-likeness (QED) is 0.608. The van der Waals surface area contributed by atoms with E-state index in [-0.39, 0.29) is 5.91 Å². The van der Waals surface area contributed by atoms with E-state index in [1.165, 1.54) is 0 Å². The van der Waals surface area contributed by atoms with Crippen LogP contribution >= 0.6 is 11.8 Å². The Bertz CT molecular complexity index is 1020. The molecule has 0 unspecified atom stereocenters. The summed E-state index contributed by atoms with van der Waals surface area (Å²) in [6, 6.07) is 1.78. The van der Waals surface area contributed by atoms with Crippen LogP contribution in [0.2, 0.25) is 0 Å². The maximum atomic E-state index is 13.0. The fourth-order valence-corrected chi connectivity index (χ4v) is 4.22. The van der Waals surface area contributed by atoms with Gasteiger partial charge in [-0.2, -0.15) is 10.2 Å². The fraction of sp³-hybridized carbons (Fsp3) is 0.500. The normalized spacial score (nSPS) is 13.8. The summed E-state index contributed by atoms with van der Waals surface area (Å²) >= 11 is 1.57. The van der Waals surface area contributed by atoms with E-state index in [4.69, 9.17) is 5.10 Å². The molecule has 4 rings (SSSR count). The minimum atomic E-state index is -0.0468. The van der Waals surface area contributed by atoms with Gasteiger partial charge in [0.05, 0.1) is 6.54 Å². The molecule has 4 heterocycles. The maximum absolute atomic E-state index is 13.0. The summed E-state index contributed by atoms with van der Waals surface area (Å²) in [5.41, 5.74) is 3.49. The number of amides is 1. The van der Waals surface area contributed by atoms with Crippen LogP contribution in [0.5, 0.6) is 0 Å². The third kappa shape index (κ3) is 3.01. The van der Waals surface area contributed by atoms with Crippen LogP contribution in [0.25, 0.3) is 11.5 Å². The molecule has 1 amide bonds. The highest BCUT2D eigenvalue weighted by Crippen LogP contribution is 2.30. The zero-order valence-electron chi connectivity index (χ0n) is 16.6. The third-order valence-corrected chi connectivity index (χ3v) is 5.81. The molecule has 0 aliphatic carbocycles. The molecule has 9 nitrogen and oxygen atoms in total. The highest BCUT2D eigenvalue weighted by atomic mass is 32.2. The van der Waals surface area contributed by atoms with Gasteiger partial charge in [0, 0.05) is 50.6 Å². The van der Waals surface area contributed by atoms with Crippen molar-refractivity contribution in [3.05, 3.63) is 29.2 Å². The average molecular weight is 401 g/mol. The van der Waals surface area contributed by atoms with E-state index in [0.29, 0.717) is 18.8 Å². The number of aromatic nitrogens is 7. The molecule has 0 bridgehead atoms. The molecule has 0 fully saturated rings. The summed E-state index contributed by atoms with van der Waals surface area (Å²) in [7, 11) is 1.95. The van der Waals surface area contributed by atoms with Gasteiger partial charge in [-0.3, -0.25) is 14.2 Å². The van der Waals surface area contributed by atoms with E-state index < -0.39 is 0 Å². The molecule has 0 aromatic carbocycles. The van der Waals surface area contributed by atoms with Crippen LogP contribution in [0, 0.1) is 0 Å². The first-order chi connectivity index (χ1) is 13.6. The van der Waals surface area contributed by atoms with Crippen LogP contribution in [0.3, 0.4) is 0 Å². The predicted octanol–water partition coefficient (Wildman–Crippen LogP) is 1.84. The van der Waals surface area contributed by atoms with Gasteiger partial charge in [0.15, 0.2) is 11.0 Å². The highest BCUT2D eigenvalue weighted by Gasteiger charge is 2.30. The van der Waals surface area contributed by atoms with Gasteiger partial charge >= 0.3 is 0 Å². The zero-order valence-corrected chi connectivity index (χ0v) is 17.4. The van der Waals surface area contributed by atoms with Gasteiger partial charge in [-0.1, -0.05) is 11.8 Å². The molecule has 3 aromatic rings. The number of rotatable bonds is 5. The maximum Gasteiger partial charge on any atom is 0.274 e. The van der Waals surface area contributed by atoms with Crippen LogP contribution in [0.15, 0.2) is 17.4 Å². The number of carbonyl (C=O) groups excluding carboxylic acids is 1. The Morgan fingerprint density at radius 1 is 1.21 bits per heavy atom. The van der Waals surface area contributed by atoms with Crippen molar-refractivity contribution in [1.29, 1.82) is 0 Å². The van der Waals surface area contributed by atoms with Crippen molar-refractivity contribution in [3.63, 3.8) is 0 Å². The van der Waals surface area contributed by atoms with Crippen molar-refractivity contribution in [3.8, 4) is 11.5 Å². The number of carbonyl (C=O) groups is 1. The van der Waals surface area contributed by atoms with E-state index in [1.54, 1.807) is 22.5 Å². The minimum absolute atomic E-state index is 0.0468. The topological polar surface area (TPSA) is 86.7 Å². The minimum Gasteiger partial charge on any atom is -0.332 e. The Balaban J connectivity index is 1.69. The van der Waals surface area contributed by atoms with Crippen molar-refractivity contribution in [1.82, 2.24) is 39.2 Å². The lowest BCUT2D eigenvalue weighted by Crippen LogP contribution is -2.36. The summed E-state index contributed by atoms with van der Waals surface area (Å²) in [5.74, 6) is 0.711. The second-order valence-corrected chi connectivity index (χ2v) is 7.46. The van der Waals surface area contributed by atoms with Crippen LogP contribution < -0.4 is 0 Å². The molecule has 0 saturated heterocycles. The lowest BCUT2D eigenvalue weighted by atomic mass is 10.0. The summed E-state index contributed by atoms with van der Waals surface area (Å²) in [6.07, 6.45) is 4.59. The molecule has 3 aromatic heterocycles. The van der Waals surface area contributed by atoms with Crippen molar-refractivity contribution in [2.75, 3.05) is 12.8 Å². The highest BCUT2D eigenvalue weighted by molar-refractivity contribution is 7.98. The van der Waals surface area contributed by atoms with Gasteiger partial charge in [0.1, 0.15) is 11.4 Å². The molecule has 0 spiro atoms. The zero-order chi connectivity index (χ0) is 19.8. The first-order valence-corrected chi connectivity index (χ1v) is 10.6. The van der Waals surface area contributed by atoms with E-state index in [2.05, 4.69) is 26.8 Å². The second-order valence-electron chi connectivity index (χ2n) is 6.69. The number of thioether (sulfide) groups is 1. The van der Waals surface area contributed by atoms with Crippen molar-refractivity contribution in [2.45, 2.75) is 45.1 Å². The monoisotopic (exact) mass is 400 g/mol. The van der Waals surface area contributed by atoms with Gasteiger partial charge in [0.2, 0.25) is 0 Å². The Morgan fingerprint density at radius 2 is 2.04 bits per heavy atom. The van der Waals surface area contributed by atoms with Crippen LogP contribution in [-0.2, 0) is 33.1 Å². The number of nitrogens with zero attached hydrogens (tertiary/aromatic N) is 8. The van der Waals surface area contributed by atoms with E-state index in [9.17, 15) is 4.79 Å². The first-order valence-electron chi connectivity index (χ1n) is 9.42. The van der Waals surface area contributed by atoms with Gasteiger partial charge in [-0.25, -0.2) is 0 Å². The fourth-order valence-electron chi connectivity index (χ4n) is 3.66. The van der Waals surface area contributed by atoms with Crippen LogP contribution in [-0.4, -0.2) is 57.9 Å². The van der Waals surface area contributed by atoms with E-state index in [0.717, 1.165) is 47.4 Å². The summed E-state index contributed by atoms with van der Waals surface area (Å²) in [6.45, 7) is 6.74. The molecule has 1 aliphatic heterocycles. The predicted molar refractivity (Wildman–Crippen MR) is 106 cm³/mol. The number of aryl methyl sites for hydroxylation is 2.